The Kier molecular flexibility index (Phi) is 3.75. The lowest BCUT2D eigenvalue weighted by molar-refractivity contribution is 0.107. The third-order valence-corrected chi connectivity index (χ3v) is 3.35. The number of hydrogen-bond acceptors (Lipinski definition) is 6. The predicted molar refractivity (Wildman–Crippen MR) is 66.2 cm³/mol. The van der Waals surface area contributed by atoms with Gasteiger partial charge in [0.1, 0.15) is 0 Å². The molecular weight excluding hydrogens is 232 g/mol. The molecule has 2 heterocycles. The second-order valence-electron chi connectivity index (χ2n) is 5.01. The minimum atomic E-state index is 0.399. The number of nitrogens with one attached hydrogen (secondary N) is 2. The summed E-state index contributed by atoms with van der Waals surface area (Å²) in [4.78, 5) is 0. The van der Waals surface area contributed by atoms with Crippen LogP contribution in [0.4, 0.5) is 6.01 Å². The molecule has 1 saturated carbocycles. The Labute approximate surface area is 106 Å². The zero-order valence-corrected chi connectivity index (χ0v) is 10.5. The van der Waals surface area contributed by atoms with E-state index in [1.165, 1.54) is 25.7 Å². The third-order valence-electron chi connectivity index (χ3n) is 3.35. The normalized spacial score (nSPS) is 23.4. The maximum atomic E-state index is 5.55. The van der Waals surface area contributed by atoms with Crippen molar-refractivity contribution < 1.29 is 9.15 Å². The van der Waals surface area contributed by atoms with Gasteiger partial charge in [-0.3, -0.25) is 0 Å². The molecule has 0 radical (unpaired) electrons. The molecule has 2 N–H and O–H groups in total. The van der Waals surface area contributed by atoms with E-state index in [0.717, 1.165) is 19.6 Å². The van der Waals surface area contributed by atoms with E-state index in [9.17, 15) is 0 Å². The summed E-state index contributed by atoms with van der Waals surface area (Å²) < 4.78 is 11.0. The van der Waals surface area contributed by atoms with Crippen LogP contribution in [-0.2, 0) is 11.3 Å². The Bertz CT molecular complexity index is 372. The highest BCUT2D eigenvalue weighted by Crippen LogP contribution is 2.19. The maximum absolute atomic E-state index is 5.55. The number of rotatable bonds is 7. The molecule has 100 valence electrons. The van der Waals surface area contributed by atoms with Gasteiger partial charge in [0, 0.05) is 19.2 Å². The zero-order valence-electron chi connectivity index (χ0n) is 10.5. The van der Waals surface area contributed by atoms with Crippen molar-refractivity contribution >= 4 is 6.01 Å². The number of anilines is 1. The molecule has 1 aromatic rings. The van der Waals surface area contributed by atoms with Crippen LogP contribution in [0.3, 0.4) is 0 Å². The molecule has 1 saturated heterocycles. The first kappa shape index (κ1) is 11.9. The van der Waals surface area contributed by atoms with Gasteiger partial charge in [-0.15, -0.1) is 5.10 Å². The van der Waals surface area contributed by atoms with Gasteiger partial charge in [0.25, 0.3) is 0 Å². The molecule has 18 heavy (non-hydrogen) atoms. The fourth-order valence-corrected chi connectivity index (χ4v) is 2.13. The number of ether oxygens (including phenoxy) is 1. The van der Waals surface area contributed by atoms with Crippen molar-refractivity contribution in [3.05, 3.63) is 5.89 Å². The fourth-order valence-electron chi connectivity index (χ4n) is 2.13. The highest BCUT2D eigenvalue weighted by Gasteiger charge is 2.21. The minimum absolute atomic E-state index is 0.399. The monoisotopic (exact) mass is 252 g/mol. The van der Waals surface area contributed by atoms with Crippen molar-refractivity contribution in [2.45, 2.75) is 50.8 Å². The number of hydrogen-bond donors (Lipinski definition) is 2. The third kappa shape index (κ3) is 3.43. The van der Waals surface area contributed by atoms with Crippen LogP contribution in [0.5, 0.6) is 0 Å². The van der Waals surface area contributed by atoms with Gasteiger partial charge in [-0.1, -0.05) is 5.10 Å². The molecular formula is C12H20N4O2. The lowest BCUT2D eigenvalue weighted by atomic mass is 10.2. The van der Waals surface area contributed by atoms with Crippen LogP contribution in [0, 0.1) is 0 Å². The first-order valence-corrected chi connectivity index (χ1v) is 6.81. The Morgan fingerprint density at radius 3 is 2.94 bits per heavy atom. The van der Waals surface area contributed by atoms with Crippen LogP contribution < -0.4 is 10.6 Å². The number of nitrogens with zero attached hydrogens (tertiary/aromatic N) is 2. The molecule has 6 heteroatoms. The molecule has 0 bridgehead atoms. The second kappa shape index (κ2) is 5.67. The Morgan fingerprint density at radius 2 is 2.17 bits per heavy atom. The lowest BCUT2D eigenvalue weighted by Crippen LogP contribution is -2.15. The molecule has 3 rings (SSSR count). The van der Waals surface area contributed by atoms with Gasteiger partial charge in [-0.25, -0.2) is 0 Å². The smallest absolute Gasteiger partial charge is 0.315 e. The molecule has 1 aliphatic heterocycles. The highest BCUT2D eigenvalue weighted by molar-refractivity contribution is 5.16. The van der Waals surface area contributed by atoms with Crippen molar-refractivity contribution in [2.24, 2.45) is 0 Å². The second-order valence-corrected chi connectivity index (χ2v) is 5.01. The van der Waals surface area contributed by atoms with E-state index in [1.54, 1.807) is 0 Å². The molecule has 6 nitrogen and oxygen atoms in total. The van der Waals surface area contributed by atoms with Crippen LogP contribution in [0.2, 0.25) is 0 Å². The van der Waals surface area contributed by atoms with Crippen molar-refractivity contribution in [1.82, 2.24) is 15.5 Å². The van der Waals surface area contributed by atoms with Crippen molar-refractivity contribution in [3.63, 3.8) is 0 Å². The van der Waals surface area contributed by atoms with Gasteiger partial charge in [0.05, 0.1) is 12.6 Å². The first-order valence-electron chi connectivity index (χ1n) is 6.81. The van der Waals surface area contributed by atoms with Crippen LogP contribution in [0.15, 0.2) is 4.42 Å². The molecule has 1 atom stereocenters. The zero-order chi connectivity index (χ0) is 12.2. The predicted octanol–water partition coefficient (Wildman–Crippen LogP) is 1.30. The number of aromatic nitrogens is 2. The SMILES string of the molecule is C1COC(CCNc2nnc(CNC3CC3)o2)C1. The van der Waals surface area contributed by atoms with Crippen LogP contribution in [0.25, 0.3) is 0 Å². The topological polar surface area (TPSA) is 72.2 Å². The van der Waals surface area contributed by atoms with E-state index < -0.39 is 0 Å². The average molecular weight is 252 g/mol. The summed E-state index contributed by atoms with van der Waals surface area (Å²) in [6, 6.07) is 1.17. The average Bonchev–Trinajstić information content (AvgIpc) is 2.89. The van der Waals surface area contributed by atoms with E-state index >= 15 is 0 Å². The summed E-state index contributed by atoms with van der Waals surface area (Å²) in [6.07, 6.45) is 6.28. The summed E-state index contributed by atoms with van der Waals surface area (Å²) in [5.74, 6) is 0.654. The van der Waals surface area contributed by atoms with Gasteiger partial charge < -0.3 is 19.8 Å². The molecule has 2 aliphatic rings. The van der Waals surface area contributed by atoms with E-state index in [1.807, 2.05) is 0 Å². The van der Waals surface area contributed by atoms with Crippen LogP contribution >= 0.6 is 0 Å². The summed E-state index contributed by atoms with van der Waals surface area (Å²) in [6.45, 7) is 2.40. The van der Waals surface area contributed by atoms with Crippen molar-refractivity contribution in [2.75, 3.05) is 18.5 Å². The van der Waals surface area contributed by atoms with E-state index in [0.29, 0.717) is 30.6 Å². The summed E-state index contributed by atoms with van der Waals surface area (Å²) in [5.41, 5.74) is 0. The molecule has 0 spiro atoms. The van der Waals surface area contributed by atoms with E-state index in [4.69, 9.17) is 9.15 Å². The summed E-state index contributed by atoms with van der Waals surface area (Å²) in [7, 11) is 0. The fraction of sp³-hybridized carbons (Fsp3) is 0.833. The minimum Gasteiger partial charge on any atom is -0.407 e. The Hall–Kier alpha value is -1.14. The largest absolute Gasteiger partial charge is 0.407 e. The van der Waals surface area contributed by atoms with Crippen molar-refractivity contribution in [1.29, 1.82) is 0 Å². The Morgan fingerprint density at radius 1 is 1.22 bits per heavy atom. The first-order chi connectivity index (χ1) is 8.90. The van der Waals surface area contributed by atoms with E-state index in [-0.39, 0.29) is 0 Å². The molecule has 2 fully saturated rings. The highest BCUT2D eigenvalue weighted by atomic mass is 16.5. The molecule has 0 amide bonds. The molecule has 1 aromatic heterocycles. The van der Waals surface area contributed by atoms with Gasteiger partial charge in [-0.05, 0) is 32.1 Å². The van der Waals surface area contributed by atoms with Crippen molar-refractivity contribution in [3.8, 4) is 0 Å². The van der Waals surface area contributed by atoms with Crippen LogP contribution in [0.1, 0.15) is 38.0 Å². The Balaban J connectivity index is 1.36. The summed E-state index contributed by atoms with van der Waals surface area (Å²) in [5, 5.41) is 14.5. The quantitative estimate of drug-likeness (QED) is 0.762. The van der Waals surface area contributed by atoms with Gasteiger partial charge in [0.15, 0.2) is 0 Å². The molecule has 0 aromatic carbocycles. The molecule has 1 unspecified atom stereocenters. The lowest BCUT2D eigenvalue weighted by Gasteiger charge is -2.08. The summed E-state index contributed by atoms with van der Waals surface area (Å²) >= 11 is 0. The van der Waals surface area contributed by atoms with Gasteiger partial charge in [0.2, 0.25) is 5.89 Å². The maximum Gasteiger partial charge on any atom is 0.315 e. The standard InChI is InChI=1S/C12H20N4O2/c1-2-10(17-7-1)5-6-13-12-16-15-11(18-12)8-14-9-3-4-9/h9-10,14H,1-8H2,(H,13,16). The van der Waals surface area contributed by atoms with Crippen LogP contribution in [-0.4, -0.2) is 35.5 Å². The molecule has 1 aliphatic carbocycles. The van der Waals surface area contributed by atoms with E-state index in [2.05, 4.69) is 20.8 Å². The van der Waals surface area contributed by atoms with Gasteiger partial charge >= 0.3 is 6.01 Å². The van der Waals surface area contributed by atoms with Gasteiger partial charge in [-0.2, -0.15) is 0 Å².